The molecule has 0 aliphatic heterocycles. The number of pyridine rings is 1. The van der Waals surface area contributed by atoms with Crippen molar-refractivity contribution in [2.45, 2.75) is 13.5 Å². The predicted octanol–water partition coefficient (Wildman–Crippen LogP) is 1.38. The van der Waals surface area contributed by atoms with E-state index in [9.17, 15) is 0 Å². The minimum absolute atomic E-state index is 0.176. The van der Waals surface area contributed by atoms with Crippen molar-refractivity contribution in [1.29, 1.82) is 0 Å². The predicted molar refractivity (Wildman–Crippen MR) is 69.3 cm³/mol. The third-order valence-electron chi connectivity index (χ3n) is 2.48. The van der Waals surface area contributed by atoms with E-state index in [4.69, 9.17) is 10.5 Å². The molecule has 2 aromatic heterocycles. The zero-order valence-electron chi connectivity index (χ0n) is 10.3. The summed E-state index contributed by atoms with van der Waals surface area (Å²) in [5.41, 5.74) is 7.67. The molecule has 6 heteroatoms. The van der Waals surface area contributed by atoms with Crippen LogP contribution in [0.15, 0.2) is 24.4 Å². The Labute approximate surface area is 105 Å². The number of anilines is 2. The Morgan fingerprint density at radius 1 is 1.39 bits per heavy atom. The number of ether oxygens (including phenoxy) is 1. The van der Waals surface area contributed by atoms with Crippen molar-refractivity contribution >= 4 is 11.8 Å². The molecule has 0 saturated carbocycles. The Hall–Kier alpha value is -2.37. The van der Waals surface area contributed by atoms with Crippen LogP contribution in [0.2, 0.25) is 0 Å². The first-order valence-electron chi connectivity index (χ1n) is 5.52. The zero-order valence-corrected chi connectivity index (χ0v) is 10.3. The number of aryl methyl sites for hydroxylation is 1. The summed E-state index contributed by atoms with van der Waals surface area (Å²) in [6.45, 7) is 2.59. The zero-order chi connectivity index (χ0) is 13.0. The van der Waals surface area contributed by atoms with E-state index >= 15 is 0 Å². The van der Waals surface area contributed by atoms with Crippen LogP contribution in [0.25, 0.3) is 0 Å². The van der Waals surface area contributed by atoms with E-state index in [-0.39, 0.29) is 5.95 Å². The van der Waals surface area contributed by atoms with E-state index in [1.165, 1.54) is 7.11 Å². The number of nitrogens with one attached hydrogen (secondary N) is 1. The summed E-state index contributed by atoms with van der Waals surface area (Å²) >= 11 is 0. The Morgan fingerprint density at radius 2 is 2.22 bits per heavy atom. The van der Waals surface area contributed by atoms with Crippen molar-refractivity contribution < 1.29 is 4.74 Å². The standard InChI is InChI=1S/C12H15N5O/c1-8-4-3-5-14-9(8)7-15-10-6-11(18-2)17-12(13)16-10/h3-6H,7H2,1-2H3,(H3,13,15,16,17). The van der Waals surface area contributed by atoms with Gasteiger partial charge in [-0.05, 0) is 18.6 Å². The average molecular weight is 245 g/mol. The summed E-state index contributed by atoms with van der Waals surface area (Å²) in [6.07, 6.45) is 1.76. The first kappa shape index (κ1) is 12.1. The van der Waals surface area contributed by atoms with Gasteiger partial charge in [-0.2, -0.15) is 9.97 Å². The van der Waals surface area contributed by atoms with Crippen LogP contribution in [-0.2, 0) is 6.54 Å². The second-order valence-corrected chi connectivity index (χ2v) is 3.77. The molecular formula is C12H15N5O. The molecule has 0 radical (unpaired) electrons. The highest BCUT2D eigenvalue weighted by Gasteiger charge is 2.03. The quantitative estimate of drug-likeness (QED) is 0.846. The molecule has 2 aromatic rings. The number of hydrogen-bond acceptors (Lipinski definition) is 6. The summed E-state index contributed by atoms with van der Waals surface area (Å²) < 4.78 is 5.02. The molecule has 2 rings (SSSR count). The molecule has 0 unspecified atom stereocenters. The molecule has 3 N–H and O–H groups in total. The molecule has 0 amide bonds. The van der Waals surface area contributed by atoms with Gasteiger partial charge in [0.1, 0.15) is 5.82 Å². The SMILES string of the molecule is COc1cc(NCc2ncccc2C)nc(N)n1. The highest BCUT2D eigenvalue weighted by molar-refractivity contribution is 5.43. The minimum Gasteiger partial charge on any atom is -0.481 e. The van der Waals surface area contributed by atoms with E-state index in [2.05, 4.69) is 20.3 Å². The Morgan fingerprint density at radius 3 is 2.94 bits per heavy atom. The second kappa shape index (κ2) is 5.31. The maximum Gasteiger partial charge on any atom is 0.225 e. The van der Waals surface area contributed by atoms with Gasteiger partial charge in [0.25, 0.3) is 0 Å². The van der Waals surface area contributed by atoms with Gasteiger partial charge >= 0.3 is 0 Å². The van der Waals surface area contributed by atoms with E-state index in [0.29, 0.717) is 18.2 Å². The average Bonchev–Trinajstić information content (AvgIpc) is 2.37. The summed E-state index contributed by atoms with van der Waals surface area (Å²) in [7, 11) is 1.54. The van der Waals surface area contributed by atoms with E-state index in [1.54, 1.807) is 12.3 Å². The van der Waals surface area contributed by atoms with Crippen LogP contribution in [-0.4, -0.2) is 22.1 Å². The van der Waals surface area contributed by atoms with E-state index < -0.39 is 0 Å². The van der Waals surface area contributed by atoms with Gasteiger partial charge in [0.15, 0.2) is 0 Å². The van der Waals surface area contributed by atoms with Crippen LogP contribution < -0.4 is 15.8 Å². The molecule has 0 bridgehead atoms. The molecule has 0 aliphatic rings. The highest BCUT2D eigenvalue weighted by atomic mass is 16.5. The van der Waals surface area contributed by atoms with Gasteiger partial charge in [-0.25, -0.2) is 0 Å². The van der Waals surface area contributed by atoms with Crippen LogP contribution in [0, 0.1) is 6.92 Å². The Kier molecular flexibility index (Phi) is 3.57. The molecule has 0 aliphatic carbocycles. The molecule has 2 heterocycles. The fourth-order valence-electron chi connectivity index (χ4n) is 1.52. The fraction of sp³-hybridized carbons (Fsp3) is 0.250. The number of nitrogens with two attached hydrogens (primary N) is 1. The molecule has 0 saturated heterocycles. The van der Waals surface area contributed by atoms with E-state index in [1.807, 2.05) is 19.1 Å². The van der Waals surface area contributed by atoms with E-state index in [0.717, 1.165) is 11.3 Å². The number of hydrogen-bond donors (Lipinski definition) is 2. The lowest BCUT2D eigenvalue weighted by Crippen LogP contribution is -2.07. The van der Waals surface area contributed by atoms with Crippen LogP contribution in [0.1, 0.15) is 11.3 Å². The van der Waals surface area contributed by atoms with Gasteiger partial charge in [-0.15, -0.1) is 0 Å². The van der Waals surface area contributed by atoms with Crippen LogP contribution in [0.4, 0.5) is 11.8 Å². The third-order valence-corrected chi connectivity index (χ3v) is 2.48. The van der Waals surface area contributed by atoms with Gasteiger partial charge in [-0.1, -0.05) is 6.07 Å². The normalized spacial score (nSPS) is 10.1. The van der Waals surface area contributed by atoms with Crippen molar-refractivity contribution in [3.63, 3.8) is 0 Å². The molecule has 0 atom stereocenters. The van der Waals surface area contributed by atoms with Crippen LogP contribution in [0.5, 0.6) is 5.88 Å². The van der Waals surface area contributed by atoms with Crippen LogP contribution >= 0.6 is 0 Å². The molecular weight excluding hydrogens is 230 g/mol. The van der Waals surface area contributed by atoms with Crippen molar-refractivity contribution in [2.75, 3.05) is 18.2 Å². The number of nitrogens with zero attached hydrogens (tertiary/aromatic N) is 3. The van der Waals surface area contributed by atoms with Gasteiger partial charge in [0.2, 0.25) is 11.8 Å². The maximum absolute atomic E-state index is 5.58. The summed E-state index contributed by atoms with van der Waals surface area (Å²) in [5, 5.41) is 3.14. The van der Waals surface area contributed by atoms with Crippen molar-refractivity contribution in [3.05, 3.63) is 35.7 Å². The molecule has 6 nitrogen and oxygen atoms in total. The molecule has 0 aromatic carbocycles. The topological polar surface area (TPSA) is 86.0 Å². The first-order chi connectivity index (χ1) is 8.69. The number of aromatic nitrogens is 3. The third kappa shape index (κ3) is 2.85. The lowest BCUT2D eigenvalue weighted by atomic mass is 10.2. The lowest BCUT2D eigenvalue weighted by molar-refractivity contribution is 0.398. The largest absolute Gasteiger partial charge is 0.481 e. The molecule has 18 heavy (non-hydrogen) atoms. The number of methoxy groups -OCH3 is 1. The molecule has 0 spiro atoms. The van der Waals surface area contributed by atoms with Crippen molar-refractivity contribution in [3.8, 4) is 5.88 Å². The second-order valence-electron chi connectivity index (χ2n) is 3.77. The highest BCUT2D eigenvalue weighted by Crippen LogP contribution is 2.15. The monoisotopic (exact) mass is 245 g/mol. The van der Waals surface area contributed by atoms with Crippen molar-refractivity contribution in [1.82, 2.24) is 15.0 Å². The minimum atomic E-state index is 0.176. The summed E-state index contributed by atoms with van der Waals surface area (Å²) in [5.74, 6) is 1.22. The van der Waals surface area contributed by atoms with Gasteiger partial charge < -0.3 is 15.8 Å². The van der Waals surface area contributed by atoms with Gasteiger partial charge in [-0.3, -0.25) is 4.98 Å². The van der Waals surface area contributed by atoms with Gasteiger partial charge in [0.05, 0.1) is 19.3 Å². The summed E-state index contributed by atoms with van der Waals surface area (Å²) in [4.78, 5) is 12.3. The summed E-state index contributed by atoms with van der Waals surface area (Å²) in [6, 6.07) is 5.61. The lowest BCUT2D eigenvalue weighted by Gasteiger charge is -2.08. The maximum atomic E-state index is 5.58. The number of rotatable bonds is 4. The Bertz CT molecular complexity index is 544. The number of nitrogen functional groups attached to an aromatic ring is 1. The van der Waals surface area contributed by atoms with Crippen LogP contribution in [0.3, 0.4) is 0 Å². The molecule has 94 valence electrons. The fourth-order valence-corrected chi connectivity index (χ4v) is 1.52. The Balaban J connectivity index is 2.11. The molecule has 0 fully saturated rings. The van der Waals surface area contributed by atoms with Gasteiger partial charge in [0, 0.05) is 12.3 Å². The smallest absolute Gasteiger partial charge is 0.225 e. The van der Waals surface area contributed by atoms with Crippen molar-refractivity contribution in [2.24, 2.45) is 0 Å². The first-order valence-corrected chi connectivity index (χ1v) is 5.52.